The van der Waals surface area contributed by atoms with Gasteiger partial charge in [-0.2, -0.15) is 4.68 Å². The molecule has 0 aliphatic carbocycles. The van der Waals surface area contributed by atoms with E-state index in [1.165, 1.54) is 28.9 Å². The Balaban J connectivity index is 1.80. The Kier molecular flexibility index (Phi) is 4.54. The molecule has 0 spiro atoms. The number of hydrogen-bond donors (Lipinski definition) is 1. The summed E-state index contributed by atoms with van der Waals surface area (Å²) in [5.41, 5.74) is 0.0994. The van der Waals surface area contributed by atoms with Gasteiger partial charge in [0, 0.05) is 12.4 Å². The number of benzene rings is 1. The molecule has 0 fully saturated rings. The summed E-state index contributed by atoms with van der Waals surface area (Å²) >= 11 is 5.66. The molecule has 0 saturated heterocycles. The van der Waals surface area contributed by atoms with Crippen LogP contribution in [-0.2, 0) is 4.79 Å². The van der Waals surface area contributed by atoms with Crippen LogP contribution in [0.2, 0.25) is 5.02 Å². The molecule has 1 N–H and O–H groups in total. The lowest BCUT2D eigenvalue weighted by Gasteiger charge is -2.17. The molecular weight excluding hydrogens is 349 g/mol. The number of carbonyl (C=O) groups excluding carboxylic acids is 1. The fraction of sp³-hybridized carbons (Fsp3) is 0.250. The van der Waals surface area contributed by atoms with Gasteiger partial charge in [-0.15, -0.1) is 5.10 Å². The molecule has 3 aromatic rings. The second-order valence-electron chi connectivity index (χ2n) is 5.60. The minimum absolute atomic E-state index is 0.0133. The van der Waals surface area contributed by atoms with E-state index in [2.05, 4.69) is 15.4 Å². The molecule has 25 heavy (non-hydrogen) atoms. The first kappa shape index (κ1) is 17.1. The zero-order valence-corrected chi connectivity index (χ0v) is 14.2. The Morgan fingerprint density at radius 2 is 2.12 bits per heavy atom. The normalized spacial score (nSPS) is 13.6. The zero-order valence-electron chi connectivity index (χ0n) is 13.5. The van der Waals surface area contributed by atoms with Crippen molar-refractivity contribution in [1.29, 1.82) is 0 Å². The minimum Gasteiger partial charge on any atom is -0.348 e. The molecule has 0 aliphatic heterocycles. The first-order chi connectivity index (χ1) is 11.9. The fourth-order valence-electron chi connectivity index (χ4n) is 2.40. The molecule has 9 heteroatoms. The summed E-state index contributed by atoms with van der Waals surface area (Å²) in [5.74, 6) is -0.774. The number of fused-ring (bicyclic) bond motifs is 1. The summed E-state index contributed by atoms with van der Waals surface area (Å²) in [4.78, 5) is 28.7. The summed E-state index contributed by atoms with van der Waals surface area (Å²) in [6, 6.07) is 4.60. The van der Waals surface area contributed by atoms with Crippen molar-refractivity contribution in [3.63, 3.8) is 0 Å². The first-order valence-corrected chi connectivity index (χ1v) is 7.93. The second kappa shape index (κ2) is 6.64. The molecule has 7 nitrogen and oxygen atoms in total. The number of amides is 1. The minimum atomic E-state index is -0.853. The molecule has 0 radical (unpaired) electrons. The van der Waals surface area contributed by atoms with Gasteiger partial charge in [0.25, 0.3) is 5.78 Å². The zero-order chi connectivity index (χ0) is 18.1. The molecular formula is C16H15ClFN5O2. The van der Waals surface area contributed by atoms with Gasteiger partial charge in [0.15, 0.2) is 0 Å². The quantitative estimate of drug-likeness (QED) is 0.769. The Hall–Kier alpha value is -2.74. The maximum atomic E-state index is 13.6. The van der Waals surface area contributed by atoms with E-state index in [-0.39, 0.29) is 10.8 Å². The molecule has 0 saturated carbocycles. The summed E-state index contributed by atoms with van der Waals surface area (Å²) in [6.07, 6.45) is 3.03. The molecule has 0 bridgehead atoms. The molecule has 0 aliphatic rings. The van der Waals surface area contributed by atoms with Gasteiger partial charge in [0.2, 0.25) is 5.91 Å². The van der Waals surface area contributed by atoms with Gasteiger partial charge in [-0.25, -0.2) is 18.6 Å². The van der Waals surface area contributed by atoms with E-state index in [0.717, 1.165) is 4.68 Å². The van der Waals surface area contributed by atoms with Gasteiger partial charge in [0.05, 0.1) is 11.1 Å². The maximum absolute atomic E-state index is 13.6. The van der Waals surface area contributed by atoms with Gasteiger partial charge < -0.3 is 5.32 Å². The van der Waals surface area contributed by atoms with Crippen molar-refractivity contribution >= 4 is 23.3 Å². The van der Waals surface area contributed by atoms with Crippen LogP contribution in [0.5, 0.6) is 0 Å². The molecule has 130 valence electrons. The summed E-state index contributed by atoms with van der Waals surface area (Å²) in [7, 11) is 0. The number of nitrogens with zero attached hydrogens (tertiary/aromatic N) is 4. The van der Waals surface area contributed by atoms with Crippen LogP contribution in [-0.4, -0.2) is 25.1 Å². The smallest absolute Gasteiger partial charge is 0.348 e. The maximum Gasteiger partial charge on any atom is 0.352 e. The van der Waals surface area contributed by atoms with E-state index in [4.69, 9.17) is 11.6 Å². The number of rotatable bonds is 4. The van der Waals surface area contributed by atoms with Crippen LogP contribution in [0.1, 0.15) is 31.5 Å². The lowest BCUT2D eigenvalue weighted by atomic mass is 10.1. The Morgan fingerprint density at radius 1 is 1.36 bits per heavy atom. The third-order valence-electron chi connectivity index (χ3n) is 3.87. The summed E-state index contributed by atoms with van der Waals surface area (Å²) in [6.45, 7) is 3.26. The highest BCUT2D eigenvalue weighted by atomic mass is 35.5. The third-order valence-corrected chi connectivity index (χ3v) is 4.18. The van der Waals surface area contributed by atoms with Crippen LogP contribution < -0.4 is 11.0 Å². The molecule has 1 amide bonds. The van der Waals surface area contributed by atoms with Crippen molar-refractivity contribution in [2.45, 2.75) is 25.9 Å². The van der Waals surface area contributed by atoms with E-state index in [0.29, 0.717) is 5.56 Å². The molecule has 1 aromatic carbocycles. The van der Waals surface area contributed by atoms with Gasteiger partial charge >= 0.3 is 5.69 Å². The fourth-order valence-corrected chi connectivity index (χ4v) is 2.52. The van der Waals surface area contributed by atoms with Crippen LogP contribution in [0.25, 0.3) is 5.78 Å². The lowest BCUT2D eigenvalue weighted by molar-refractivity contribution is -0.124. The van der Waals surface area contributed by atoms with Crippen LogP contribution in [0.3, 0.4) is 0 Å². The van der Waals surface area contributed by atoms with Crippen LogP contribution in [0.15, 0.2) is 41.5 Å². The molecule has 2 aromatic heterocycles. The van der Waals surface area contributed by atoms with E-state index in [1.54, 1.807) is 26.0 Å². The average Bonchev–Trinajstić information content (AvgIpc) is 2.93. The molecule has 2 atom stereocenters. The van der Waals surface area contributed by atoms with Gasteiger partial charge in [-0.05, 0) is 37.6 Å². The van der Waals surface area contributed by atoms with E-state index < -0.39 is 29.5 Å². The van der Waals surface area contributed by atoms with Crippen molar-refractivity contribution in [3.8, 4) is 0 Å². The Morgan fingerprint density at radius 3 is 2.80 bits per heavy atom. The highest BCUT2D eigenvalue weighted by Gasteiger charge is 2.22. The van der Waals surface area contributed by atoms with Gasteiger partial charge in [-0.3, -0.25) is 4.79 Å². The van der Waals surface area contributed by atoms with Crippen molar-refractivity contribution < 1.29 is 9.18 Å². The van der Waals surface area contributed by atoms with Crippen molar-refractivity contribution in [3.05, 3.63) is 63.5 Å². The summed E-state index contributed by atoms with van der Waals surface area (Å²) in [5, 5.41) is 6.80. The standard InChI is InChI=1S/C16H15ClFN5O2/c1-9(11-4-5-12(17)13(18)8-11)20-14(24)10(2)23-16(25)22-7-3-6-19-15(22)21-23/h3-10H,1-2H3,(H,20,24)/t9-,10?/m0/s1. The van der Waals surface area contributed by atoms with Crippen molar-refractivity contribution in [2.75, 3.05) is 0 Å². The SMILES string of the molecule is CC(C(=O)N[C@@H](C)c1ccc(Cl)c(F)c1)n1nc2ncccn2c1=O. The van der Waals surface area contributed by atoms with Gasteiger partial charge in [-0.1, -0.05) is 17.7 Å². The van der Waals surface area contributed by atoms with Crippen LogP contribution in [0.4, 0.5) is 4.39 Å². The van der Waals surface area contributed by atoms with Crippen LogP contribution >= 0.6 is 11.6 Å². The monoisotopic (exact) mass is 363 g/mol. The number of hydrogen-bond acceptors (Lipinski definition) is 4. The first-order valence-electron chi connectivity index (χ1n) is 7.55. The molecule has 1 unspecified atom stereocenters. The predicted octanol–water partition coefficient (Wildman–Crippen LogP) is 2.12. The van der Waals surface area contributed by atoms with Crippen molar-refractivity contribution in [2.24, 2.45) is 0 Å². The van der Waals surface area contributed by atoms with E-state index in [9.17, 15) is 14.0 Å². The second-order valence-corrected chi connectivity index (χ2v) is 6.00. The van der Waals surface area contributed by atoms with Crippen molar-refractivity contribution in [1.82, 2.24) is 24.5 Å². The number of halogens is 2. The topological polar surface area (TPSA) is 81.3 Å². The number of carbonyl (C=O) groups is 1. The van der Waals surface area contributed by atoms with E-state index >= 15 is 0 Å². The molecule has 3 rings (SSSR count). The number of aromatic nitrogens is 4. The largest absolute Gasteiger partial charge is 0.352 e. The predicted molar refractivity (Wildman–Crippen MR) is 89.9 cm³/mol. The number of nitrogens with one attached hydrogen (secondary N) is 1. The van der Waals surface area contributed by atoms with E-state index in [1.807, 2.05) is 0 Å². The third kappa shape index (κ3) is 3.25. The highest BCUT2D eigenvalue weighted by Crippen LogP contribution is 2.20. The highest BCUT2D eigenvalue weighted by molar-refractivity contribution is 6.30. The van der Waals surface area contributed by atoms with Gasteiger partial charge in [0.1, 0.15) is 11.9 Å². The van der Waals surface area contributed by atoms with Crippen LogP contribution in [0, 0.1) is 5.82 Å². The Labute approximate surface area is 147 Å². The average molecular weight is 364 g/mol. The summed E-state index contributed by atoms with van der Waals surface area (Å²) < 4.78 is 15.9. The Bertz CT molecular complexity index is 1000. The molecule has 2 heterocycles. The lowest BCUT2D eigenvalue weighted by Crippen LogP contribution is -2.37.